The van der Waals surface area contributed by atoms with Crippen LogP contribution in [0.15, 0.2) is 0 Å². The van der Waals surface area contributed by atoms with Crippen LogP contribution in [-0.4, -0.2) is 25.5 Å². The van der Waals surface area contributed by atoms with Crippen LogP contribution < -0.4 is 16.8 Å². The second kappa shape index (κ2) is 5.98. The van der Waals surface area contributed by atoms with Gasteiger partial charge in [0.05, 0.1) is 5.92 Å². The molecule has 2 unspecified atom stereocenters. The number of hydrogen-bond acceptors (Lipinski definition) is 3. The summed E-state index contributed by atoms with van der Waals surface area (Å²) in [6, 6.07) is 0. The van der Waals surface area contributed by atoms with Gasteiger partial charge in [-0.15, -0.1) is 0 Å². The highest BCUT2D eigenvalue weighted by atomic mass is 16.1. The molecule has 1 fully saturated rings. The molecule has 4 heteroatoms. The number of carbonyl (C=O) groups excluding carboxylic acids is 1. The summed E-state index contributed by atoms with van der Waals surface area (Å²) in [5, 5.41) is 3.35. The van der Waals surface area contributed by atoms with Crippen molar-refractivity contribution in [2.45, 2.75) is 25.7 Å². The minimum atomic E-state index is -0.246. The van der Waals surface area contributed by atoms with Crippen LogP contribution in [0.1, 0.15) is 25.7 Å². The molecule has 1 saturated heterocycles. The van der Waals surface area contributed by atoms with Gasteiger partial charge in [0.1, 0.15) is 0 Å². The predicted octanol–water partition coefficient (Wildman–Crippen LogP) is -0.174. The molecule has 0 aliphatic carbocycles. The van der Waals surface area contributed by atoms with Gasteiger partial charge in [-0.05, 0) is 44.7 Å². The molecular weight excluding hydrogens is 178 g/mol. The predicted molar refractivity (Wildman–Crippen MR) is 56.6 cm³/mol. The topological polar surface area (TPSA) is 81.1 Å². The summed E-state index contributed by atoms with van der Waals surface area (Å²) in [6.07, 6.45) is 4.40. The van der Waals surface area contributed by atoms with Crippen LogP contribution in [0.25, 0.3) is 0 Å². The largest absolute Gasteiger partial charge is 0.369 e. The van der Waals surface area contributed by atoms with Crippen LogP contribution in [0.4, 0.5) is 0 Å². The molecule has 0 bridgehead atoms. The summed E-state index contributed by atoms with van der Waals surface area (Å²) in [6.45, 7) is 2.54. The Morgan fingerprint density at radius 3 is 2.86 bits per heavy atom. The fraction of sp³-hybridized carbons (Fsp3) is 0.900. The molecule has 1 rings (SSSR count). The van der Waals surface area contributed by atoms with Crippen molar-refractivity contribution in [2.75, 3.05) is 19.6 Å². The van der Waals surface area contributed by atoms with E-state index in [-0.39, 0.29) is 11.8 Å². The third kappa shape index (κ3) is 3.64. The molecule has 1 amide bonds. The van der Waals surface area contributed by atoms with Crippen LogP contribution in [0, 0.1) is 11.8 Å². The minimum absolute atomic E-state index is 0.127. The number of carbonyl (C=O) groups is 1. The van der Waals surface area contributed by atoms with Gasteiger partial charge in [-0.25, -0.2) is 0 Å². The Kier molecular flexibility index (Phi) is 4.90. The Balaban J connectivity index is 2.35. The van der Waals surface area contributed by atoms with Crippen molar-refractivity contribution in [1.82, 2.24) is 5.32 Å². The number of nitrogens with one attached hydrogen (secondary N) is 1. The molecule has 82 valence electrons. The SMILES string of the molecule is NCC(CC1CCCNCC1)C(N)=O. The quantitative estimate of drug-likeness (QED) is 0.588. The average Bonchev–Trinajstić information content (AvgIpc) is 2.41. The highest BCUT2D eigenvalue weighted by molar-refractivity contribution is 5.76. The van der Waals surface area contributed by atoms with E-state index >= 15 is 0 Å². The van der Waals surface area contributed by atoms with Crippen molar-refractivity contribution in [2.24, 2.45) is 23.3 Å². The summed E-state index contributed by atoms with van der Waals surface area (Å²) >= 11 is 0. The molecule has 0 aromatic rings. The maximum Gasteiger partial charge on any atom is 0.221 e. The standard InChI is InChI=1S/C10H21N3O/c11-7-9(10(12)14)6-8-2-1-4-13-5-3-8/h8-9,13H,1-7,11H2,(H2,12,14). The summed E-state index contributed by atoms with van der Waals surface area (Å²) in [7, 11) is 0. The second-order valence-corrected chi connectivity index (χ2v) is 4.12. The lowest BCUT2D eigenvalue weighted by molar-refractivity contribution is -0.122. The Hall–Kier alpha value is -0.610. The molecule has 1 heterocycles. The van der Waals surface area contributed by atoms with Gasteiger partial charge in [0.2, 0.25) is 5.91 Å². The van der Waals surface area contributed by atoms with Gasteiger partial charge in [-0.2, -0.15) is 0 Å². The first-order valence-electron chi connectivity index (χ1n) is 5.44. The molecule has 5 N–H and O–H groups in total. The molecule has 0 saturated carbocycles. The second-order valence-electron chi connectivity index (χ2n) is 4.12. The Bertz CT molecular complexity index is 176. The zero-order valence-electron chi connectivity index (χ0n) is 8.67. The summed E-state index contributed by atoms with van der Waals surface area (Å²) < 4.78 is 0. The molecule has 2 atom stereocenters. The molecule has 0 radical (unpaired) electrons. The van der Waals surface area contributed by atoms with Gasteiger partial charge in [0.15, 0.2) is 0 Å². The van der Waals surface area contributed by atoms with Crippen LogP contribution >= 0.6 is 0 Å². The van der Waals surface area contributed by atoms with Crippen molar-refractivity contribution >= 4 is 5.91 Å². The van der Waals surface area contributed by atoms with Crippen molar-refractivity contribution in [1.29, 1.82) is 0 Å². The average molecular weight is 199 g/mol. The van der Waals surface area contributed by atoms with Gasteiger partial charge in [-0.1, -0.05) is 0 Å². The van der Waals surface area contributed by atoms with Gasteiger partial charge in [0, 0.05) is 6.54 Å². The number of amides is 1. The van der Waals surface area contributed by atoms with E-state index in [1.165, 1.54) is 12.8 Å². The van der Waals surface area contributed by atoms with Crippen LogP contribution in [-0.2, 0) is 4.79 Å². The van der Waals surface area contributed by atoms with E-state index in [1.807, 2.05) is 0 Å². The van der Waals surface area contributed by atoms with E-state index < -0.39 is 0 Å². The van der Waals surface area contributed by atoms with E-state index in [1.54, 1.807) is 0 Å². The molecule has 4 nitrogen and oxygen atoms in total. The monoisotopic (exact) mass is 199 g/mol. The lowest BCUT2D eigenvalue weighted by Crippen LogP contribution is -2.31. The van der Waals surface area contributed by atoms with Crippen LogP contribution in [0.2, 0.25) is 0 Å². The van der Waals surface area contributed by atoms with Gasteiger partial charge in [0.25, 0.3) is 0 Å². The lowest BCUT2D eigenvalue weighted by Gasteiger charge is -2.18. The first-order valence-corrected chi connectivity index (χ1v) is 5.44. The van der Waals surface area contributed by atoms with Crippen molar-refractivity contribution < 1.29 is 4.79 Å². The molecular formula is C10H21N3O. The fourth-order valence-corrected chi connectivity index (χ4v) is 2.06. The van der Waals surface area contributed by atoms with Crippen molar-refractivity contribution in [3.8, 4) is 0 Å². The molecule has 1 aliphatic rings. The summed E-state index contributed by atoms with van der Waals surface area (Å²) in [5.41, 5.74) is 10.8. The number of primary amides is 1. The molecule has 14 heavy (non-hydrogen) atoms. The van der Waals surface area contributed by atoms with Gasteiger partial charge in [-0.3, -0.25) is 4.79 Å². The van der Waals surface area contributed by atoms with Crippen LogP contribution in [0.5, 0.6) is 0 Å². The maximum absolute atomic E-state index is 11.0. The number of rotatable bonds is 4. The molecule has 0 aromatic heterocycles. The first kappa shape index (κ1) is 11.5. The zero-order chi connectivity index (χ0) is 10.4. The van der Waals surface area contributed by atoms with E-state index in [0.29, 0.717) is 12.5 Å². The van der Waals surface area contributed by atoms with E-state index in [9.17, 15) is 4.79 Å². The first-order chi connectivity index (χ1) is 6.74. The summed E-state index contributed by atoms with van der Waals surface area (Å²) in [5.74, 6) is 0.244. The number of hydrogen-bond donors (Lipinski definition) is 3. The third-order valence-corrected chi connectivity index (χ3v) is 3.00. The maximum atomic E-state index is 11.0. The normalized spacial score (nSPS) is 25.4. The number of nitrogens with two attached hydrogens (primary N) is 2. The van der Waals surface area contributed by atoms with E-state index in [0.717, 1.165) is 25.9 Å². The smallest absolute Gasteiger partial charge is 0.221 e. The Labute approximate surface area is 85.4 Å². The molecule has 0 spiro atoms. The highest BCUT2D eigenvalue weighted by Crippen LogP contribution is 2.21. The Morgan fingerprint density at radius 2 is 2.21 bits per heavy atom. The highest BCUT2D eigenvalue weighted by Gasteiger charge is 2.20. The molecule has 1 aliphatic heterocycles. The van der Waals surface area contributed by atoms with Crippen LogP contribution in [0.3, 0.4) is 0 Å². The van der Waals surface area contributed by atoms with Crippen molar-refractivity contribution in [3.63, 3.8) is 0 Å². The minimum Gasteiger partial charge on any atom is -0.369 e. The lowest BCUT2D eigenvalue weighted by atomic mass is 9.89. The zero-order valence-corrected chi connectivity index (χ0v) is 8.67. The van der Waals surface area contributed by atoms with E-state index in [2.05, 4.69) is 5.32 Å². The van der Waals surface area contributed by atoms with Gasteiger partial charge >= 0.3 is 0 Å². The van der Waals surface area contributed by atoms with Gasteiger partial charge < -0.3 is 16.8 Å². The molecule has 0 aromatic carbocycles. The third-order valence-electron chi connectivity index (χ3n) is 3.00. The summed E-state index contributed by atoms with van der Waals surface area (Å²) in [4.78, 5) is 11.0. The van der Waals surface area contributed by atoms with Crippen molar-refractivity contribution in [3.05, 3.63) is 0 Å². The fourth-order valence-electron chi connectivity index (χ4n) is 2.06. The van der Waals surface area contributed by atoms with E-state index in [4.69, 9.17) is 11.5 Å². The Morgan fingerprint density at radius 1 is 1.43 bits per heavy atom.